The van der Waals surface area contributed by atoms with Gasteiger partial charge in [-0.1, -0.05) is 0 Å². The number of hydrogen-bond acceptors (Lipinski definition) is 3. The van der Waals surface area contributed by atoms with Gasteiger partial charge >= 0.3 is 5.65 Å². The van der Waals surface area contributed by atoms with Crippen LogP contribution in [0.15, 0.2) is 41.6 Å². The van der Waals surface area contributed by atoms with E-state index < -0.39 is 0 Å². The largest absolute Gasteiger partial charge is 0.350 e. The maximum absolute atomic E-state index is 11.2. The Labute approximate surface area is 88.9 Å². The standard InChI is InChI=1S/C9H7N5O2/c15-7-6-9-13(12-7)4-1-5-14(9)16-8-2-3-10-11-8/h1-6H,(H-,10,11,12,15)/p+1. The van der Waals surface area contributed by atoms with Gasteiger partial charge in [0.25, 0.3) is 11.4 Å². The van der Waals surface area contributed by atoms with Crippen LogP contribution in [-0.4, -0.2) is 19.8 Å². The van der Waals surface area contributed by atoms with E-state index in [1.54, 1.807) is 35.2 Å². The molecule has 2 N–H and O–H groups in total. The maximum atomic E-state index is 11.2. The highest BCUT2D eigenvalue weighted by atomic mass is 16.7. The summed E-state index contributed by atoms with van der Waals surface area (Å²) in [6, 6.07) is 4.87. The molecule has 3 aromatic rings. The summed E-state index contributed by atoms with van der Waals surface area (Å²) in [5, 5.41) is 9.04. The lowest BCUT2D eigenvalue weighted by atomic mass is 10.6. The molecule has 0 unspecified atom stereocenters. The quantitative estimate of drug-likeness (QED) is 0.568. The predicted octanol–water partition coefficient (Wildman–Crippen LogP) is -0.520. The fraction of sp³-hybridized carbons (Fsp3) is 0. The molecule has 16 heavy (non-hydrogen) atoms. The summed E-state index contributed by atoms with van der Waals surface area (Å²) in [7, 11) is 0. The molecule has 0 fully saturated rings. The van der Waals surface area contributed by atoms with Crippen molar-refractivity contribution in [2.45, 2.75) is 0 Å². The van der Waals surface area contributed by atoms with Crippen LogP contribution in [0.25, 0.3) is 5.65 Å². The lowest BCUT2D eigenvalue weighted by Gasteiger charge is -1.98. The lowest BCUT2D eigenvalue weighted by Crippen LogP contribution is -2.41. The molecule has 0 saturated carbocycles. The minimum absolute atomic E-state index is 0.187. The van der Waals surface area contributed by atoms with Crippen molar-refractivity contribution in [3.63, 3.8) is 0 Å². The van der Waals surface area contributed by atoms with E-state index in [4.69, 9.17) is 4.84 Å². The van der Waals surface area contributed by atoms with E-state index in [0.717, 1.165) is 0 Å². The highest BCUT2D eigenvalue weighted by Gasteiger charge is 2.12. The van der Waals surface area contributed by atoms with Crippen LogP contribution in [0.1, 0.15) is 0 Å². The number of fused-ring (bicyclic) bond motifs is 1. The number of rotatable bonds is 2. The third-order valence-electron chi connectivity index (χ3n) is 2.09. The van der Waals surface area contributed by atoms with Gasteiger partial charge in [-0.3, -0.25) is 9.63 Å². The molecule has 3 heterocycles. The number of nitrogens with one attached hydrogen (secondary N) is 2. The summed E-state index contributed by atoms with van der Waals surface area (Å²) < 4.78 is 3.03. The zero-order valence-electron chi connectivity index (χ0n) is 8.12. The SMILES string of the molecule is O=c1cc2n(ccc[n+]2Oc2ccn[nH]2)[nH]1. The number of aromatic nitrogens is 5. The van der Waals surface area contributed by atoms with E-state index in [1.807, 2.05) is 0 Å². The molecule has 0 aliphatic carbocycles. The first-order valence-corrected chi connectivity index (χ1v) is 4.63. The van der Waals surface area contributed by atoms with Crippen LogP contribution in [0.5, 0.6) is 5.88 Å². The van der Waals surface area contributed by atoms with Crippen LogP contribution in [-0.2, 0) is 0 Å². The Morgan fingerprint density at radius 1 is 1.50 bits per heavy atom. The normalized spacial score (nSPS) is 10.8. The summed E-state index contributed by atoms with van der Waals surface area (Å²) in [5.41, 5.74) is 0.412. The average Bonchev–Trinajstić information content (AvgIpc) is 2.86. The molecule has 0 atom stereocenters. The maximum Gasteiger partial charge on any atom is 0.350 e. The van der Waals surface area contributed by atoms with Gasteiger partial charge in [-0.25, -0.2) is 5.10 Å². The Morgan fingerprint density at radius 3 is 3.25 bits per heavy atom. The van der Waals surface area contributed by atoms with Crippen LogP contribution in [0, 0.1) is 0 Å². The van der Waals surface area contributed by atoms with Crippen molar-refractivity contribution in [1.29, 1.82) is 0 Å². The third-order valence-corrected chi connectivity index (χ3v) is 2.09. The highest BCUT2D eigenvalue weighted by Crippen LogP contribution is 2.00. The van der Waals surface area contributed by atoms with Gasteiger partial charge in [0.15, 0.2) is 0 Å². The van der Waals surface area contributed by atoms with Crippen molar-refractivity contribution in [3.05, 3.63) is 47.1 Å². The van der Waals surface area contributed by atoms with E-state index in [1.165, 1.54) is 10.8 Å². The third kappa shape index (κ3) is 1.34. The number of H-pyrrole nitrogens is 2. The first-order valence-electron chi connectivity index (χ1n) is 4.63. The first-order chi connectivity index (χ1) is 7.83. The monoisotopic (exact) mass is 218 g/mol. The van der Waals surface area contributed by atoms with E-state index in [0.29, 0.717) is 11.5 Å². The van der Waals surface area contributed by atoms with Crippen molar-refractivity contribution in [1.82, 2.24) is 19.8 Å². The van der Waals surface area contributed by atoms with Gasteiger partial charge in [-0.05, 0) is 4.73 Å². The second-order valence-corrected chi connectivity index (χ2v) is 3.18. The number of aromatic amines is 2. The van der Waals surface area contributed by atoms with Gasteiger partial charge in [0.1, 0.15) is 18.5 Å². The second-order valence-electron chi connectivity index (χ2n) is 3.18. The van der Waals surface area contributed by atoms with Gasteiger partial charge in [0.2, 0.25) is 0 Å². The van der Waals surface area contributed by atoms with Crippen LogP contribution in [0.2, 0.25) is 0 Å². The topological polar surface area (TPSA) is 79.1 Å². The Hall–Kier alpha value is -2.57. The molecule has 80 valence electrons. The van der Waals surface area contributed by atoms with Crippen LogP contribution < -0.4 is 15.1 Å². The predicted molar refractivity (Wildman–Crippen MR) is 52.8 cm³/mol. The number of nitrogens with zero attached hydrogens (tertiary/aromatic N) is 3. The zero-order chi connectivity index (χ0) is 11.0. The van der Waals surface area contributed by atoms with E-state index in [9.17, 15) is 4.79 Å². The minimum atomic E-state index is -0.187. The van der Waals surface area contributed by atoms with Crippen molar-refractivity contribution in [2.24, 2.45) is 0 Å². The zero-order valence-corrected chi connectivity index (χ0v) is 8.12. The van der Waals surface area contributed by atoms with Crippen LogP contribution in [0.4, 0.5) is 0 Å². The molecule has 0 radical (unpaired) electrons. The molecule has 0 spiro atoms. The molecule has 0 amide bonds. The first kappa shape index (κ1) is 8.72. The van der Waals surface area contributed by atoms with E-state index in [-0.39, 0.29) is 5.56 Å². The summed E-state index contributed by atoms with van der Waals surface area (Å²) in [4.78, 5) is 16.6. The average molecular weight is 218 g/mol. The minimum Gasteiger partial charge on any atom is -0.276 e. The molecule has 3 rings (SSSR count). The molecular weight excluding hydrogens is 210 g/mol. The second kappa shape index (κ2) is 3.23. The molecule has 0 bridgehead atoms. The molecular formula is C9H8N5O2+. The van der Waals surface area contributed by atoms with Crippen molar-refractivity contribution in [3.8, 4) is 5.88 Å². The Morgan fingerprint density at radius 2 is 2.44 bits per heavy atom. The highest BCUT2D eigenvalue weighted by molar-refractivity contribution is 5.27. The Kier molecular flexibility index (Phi) is 1.76. The van der Waals surface area contributed by atoms with Gasteiger partial charge in [-0.15, -0.1) is 4.52 Å². The fourth-order valence-electron chi connectivity index (χ4n) is 1.43. The lowest BCUT2D eigenvalue weighted by molar-refractivity contribution is -0.857. The molecule has 0 aromatic carbocycles. The van der Waals surface area contributed by atoms with E-state index >= 15 is 0 Å². The van der Waals surface area contributed by atoms with Crippen LogP contribution >= 0.6 is 0 Å². The molecule has 7 nitrogen and oxygen atoms in total. The van der Waals surface area contributed by atoms with E-state index in [2.05, 4.69) is 15.3 Å². The van der Waals surface area contributed by atoms with Gasteiger partial charge in [-0.2, -0.15) is 10.2 Å². The van der Waals surface area contributed by atoms with Crippen LogP contribution in [0.3, 0.4) is 0 Å². The Balaban J connectivity index is 2.12. The fourth-order valence-corrected chi connectivity index (χ4v) is 1.43. The van der Waals surface area contributed by atoms with Gasteiger partial charge < -0.3 is 0 Å². The van der Waals surface area contributed by atoms with Gasteiger partial charge in [0.05, 0.1) is 6.20 Å². The van der Waals surface area contributed by atoms with Gasteiger partial charge in [0, 0.05) is 12.1 Å². The molecule has 3 aromatic heterocycles. The summed E-state index contributed by atoms with van der Waals surface area (Å²) in [6.07, 6.45) is 5.01. The number of hydrogen-bond donors (Lipinski definition) is 2. The van der Waals surface area contributed by atoms with Crippen molar-refractivity contribution >= 4 is 5.65 Å². The summed E-state index contributed by atoms with van der Waals surface area (Å²) in [5.74, 6) is 0.492. The smallest absolute Gasteiger partial charge is 0.276 e. The Bertz CT molecular complexity index is 667. The van der Waals surface area contributed by atoms with Crippen molar-refractivity contribution < 1.29 is 9.57 Å². The summed E-state index contributed by atoms with van der Waals surface area (Å²) >= 11 is 0. The molecule has 0 aliphatic rings. The molecule has 0 aliphatic heterocycles. The summed E-state index contributed by atoms with van der Waals surface area (Å²) in [6.45, 7) is 0. The molecule has 7 heteroatoms. The molecule has 0 saturated heterocycles. The van der Waals surface area contributed by atoms with Crippen molar-refractivity contribution in [2.75, 3.05) is 0 Å².